The Morgan fingerprint density at radius 1 is 1.05 bits per heavy atom. The van der Waals surface area contributed by atoms with Gasteiger partial charge in [0, 0.05) is 6.07 Å². The fourth-order valence-electron chi connectivity index (χ4n) is 2.46. The summed E-state index contributed by atoms with van der Waals surface area (Å²) in [6.45, 7) is 6.77. The summed E-state index contributed by atoms with van der Waals surface area (Å²) in [5, 5.41) is 12.3. The minimum Gasteiger partial charge on any atom is -0.410 e. The maximum Gasteiger partial charge on any atom is 0.274 e. The Bertz CT molecular complexity index is 638. The Hall–Kier alpha value is -1.98. The Balaban J connectivity index is 2.22. The van der Waals surface area contributed by atoms with Gasteiger partial charge in [0.05, 0.1) is 17.1 Å². The molecule has 0 fully saturated rings. The van der Waals surface area contributed by atoms with E-state index in [1.807, 2.05) is 24.3 Å². The van der Waals surface area contributed by atoms with Gasteiger partial charge in [-0.15, -0.1) is 0 Å². The molecule has 4 nitrogen and oxygen atoms in total. The molecule has 0 aliphatic carbocycles. The van der Waals surface area contributed by atoms with Crippen LogP contribution in [0, 0.1) is 10.1 Å². The lowest BCUT2D eigenvalue weighted by Crippen LogP contribution is -2.41. The molecule has 1 atom stereocenters. The quantitative estimate of drug-likeness (QED) is 0.482. The molecule has 0 saturated heterocycles. The SMILES string of the molecule is CC(C)(C)[SiH](OCc1ccccc1[N+](=O)[O-])c1ccccc1. The number of nitrogens with zero attached hydrogens (tertiary/aromatic N) is 1. The Morgan fingerprint density at radius 2 is 1.64 bits per heavy atom. The first-order valence-corrected chi connectivity index (χ1v) is 8.91. The van der Waals surface area contributed by atoms with Crippen LogP contribution in [0.4, 0.5) is 5.69 Å². The molecule has 1 unspecified atom stereocenters. The van der Waals surface area contributed by atoms with Gasteiger partial charge < -0.3 is 4.43 Å². The number of hydrogen-bond donors (Lipinski definition) is 0. The predicted octanol–water partition coefficient (Wildman–Crippen LogP) is 3.54. The number of para-hydroxylation sites is 1. The van der Waals surface area contributed by atoms with Crippen molar-refractivity contribution in [1.29, 1.82) is 0 Å². The first-order valence-electron chi connectivity index (χ1n) is 7.28. The third-order valence-corrected chi connectivity index (χ3v) is 6.55. The normalized spacial score (nSPS) is 12.9. The van der Waals surface area contributed by atoms with Crippen molar-refractivity contribution in [2.24, 2.45) is 0 Å². The van der Waals surface area contributed by atoms with E-state index in [4.69, 9.17) is 4.43 Å². The summed E-state index contributed by atoms with van der Waals surface area (Å²) in [5.41, 5.74) is 0.752. The van der Waals surface area contributed by atoms with Gasteiger partial charge in [0.15, 0.2) is 0 Å². The summed E-state index contributed by atoms with van der Waals surface area (Å²) in [7, 11) is -1.72. The first-order chi connectivity index (χ1) is 10.4. The van der Waals surface area contributed by atoms with Crippen LogP contribution in [-0.4, -0.2) is 14.0 Å². The van der Waals surface area contributed by atoms with Crippen molar-refractivity contribution in [3.8, 4) is 0 Å². The maximum atomic E-state index is 11.1. The second-order valence-electron chi connectivity index (χ2n) is 6.35. The van der Waals surface area contributed by atoms with Crippen molar-refractivity contribution in [3.63, 3.8) is 0 Å². The summed E-state index contributed by atoms with van der Waals surface area (Å²) >= 11 is 0. The molecule has 0 saturated carbocycles. The highest BCUT2D eigenvalue weighted by Crippen LogP contribution is 2.29. The smallest absolute Gasteiger partial charge is 0.274 e. The molecule has 0 N–H and O–H groups in total. The molecule has 116 valence electrons. The molecule has 0 spiro atoms. The zero-order valence-corrected chi connectivity index (χ0v) is 14.3. The lowest BCUT2D eigenvalue weighted by Gasteiger charge is -2.29. The van der Waals surface area contributed by atoms with E-state index in [-0.39, 0.29) is 22.3 Å². The van der Waals surface area contributed by atoms with Crippen molar-refractivity contribution in [3.05, 3.63) is 70.3 Å². The van der Waals surface area contributed by atoms with Crippen molar-refractivity contribution < 1.29 is 9.35 Å². The molecule has 0 amide bonds. The molecule has 0 aliphatic rings. The van der Waals surface area contributed by atoms with Crippen LogP contribution < -0.4 is 5.19 Å². The molecule has 2 aromatic rings. The molecule has 0 radical (unpaired) electrons. The first kappa shape index (κ1) is 16.4. The molecule has 0 bridgehead atoms. The van der Waals surface area contributed by atoms with Crippen molar-refractivity contribution >= 4 is 19.9 Å². The minimum atomic E-state index is -1.72. The van der Waals surface area contributed by atoms with Gasteiger partial charge in [0.25, 0.3) is 5.69 Å². The van der Waals surface area contributed by atoms with Gasteiger partial charge in [-0.25, -0.2) is 0 Å². The van der Waals surface area contributed by atoms with Gasteiger partial charge in [-0.1, -0.05) is 63.2 Å². The molecule has 0 aromatic heterocycles. The Morgan fingerprint density at radius 3 is 2.23 bits per heavy atom. The van der Waals surface area contributed by atoms with E-state index in [2.05, 4.69) is 32.9 Å². The minimum absolute atomic E-state index is 0.0327. The van der Waals surface area contributed by atoms with E-state index < -0.39 is 9.04 Å². The molecule has 0 aliphatic heterocycles. The molecular weight excluding hydrogens is 294 g/mol. The Labute approximate surface area is 132 Å². The summed E-state index contributed by atoms with van der Waals surface area (Å²) in [4.78, 5) is 10.7. The fraction of sp³-hybridized carbons (Fsp3) is 0.294. The summed E-state index contributed by atoms with van der Waals surface area (Å²) in [6.07, 6.45) is 0. The Kier molecular flexibility index (Phi) is 5.10. The second-order valence-corrected chi connectivity index (χ2v) is 9.85. The van der Waals surface area contributed by atoms with Crippen LogP contribution >= 0.6 is 0 Å². The zero-order chi connectivity index (χ0) is 16.2. The summed E-state index contributed by atoms with van der Waals surface area (Å²) < 4.78 is 6.20. The number of benzene rings is 2. The second kappa shape index (κ2) is 6.85. The van der Waals surface area contributed by atoms with Gasteiger partial charge >= 0.3 is 0 Å². The van der Waals surface area contributed by atoms with Gasteiger partial charge in [0.1, 0.15) is 0 Å². The van der Waals surface area contributed by atoms with Gasteiger partial charge in [-0.3, -0.25) is 10.1 Å². The monoisotopic (exact) mass is 315 g/mol. The highest BCUT2D eigenvalue weighted by Gasteiger charge is 2.30. The molecule has 2 rings (SSSR count). The van der Waals surface area contributed by atoms with E-state index in [9.17, 15) is 10.1 Å². The number of rotatable bonds is 5. The largest absolute Gasteiger partial charge is 0.410 e. The van der Waals surface area contributed by atoms with E-state index >= 15 is 0 Å². The lowest BCUT2D eigenvalue weighted by atomic mass is 10.2. The van der Waals surface area contributed by atoms with E-state index in [0.29, 0.717) is 5.56 Å². The van der Waals surface area contributed by atoms with Crippen LogP contribution in [0.25, 0.3) is 0 Å². The average molecular weight is 315 g/mol. The van der Waals surface area contributed by atoms with Crippen LogP contribution in [0.5, 0.6) is 0 Å². The predicted molar refractivity (Wildman–Crippen MR) is 90.8 cm³/mol. The van der Waals surface area contributed by atoms with E-state index in [0.717, 1.165) is 0 Å². The molecule has 2 aromatic carbocycles. The zero-order valence-electron chi connectivity index (χ0n) is 13.2. The summed E-state index contributed by atoms with van der Waals surface area (Å²) in [6, 6.07) is 16.9. The third-order valence-electron chi connectivity index (χ3n) is 3.48. The standard InChI is InChI=1S/C17H21NO3Si/c1-17(2,3)22(15-10-5-4-6-11-15)21-13-14-9-7-8-12-16(14)18(19)20/h4-12,22H,13H2,1-3H3. The van der Waals surface area contributed by atoms with Crippen LogP contribution in [-0.2, 0) is 11.0 Å². The number of hydrogen-bond acceptors (Lipinski definition) is 3. The van der Waals surface area contributed by atoms with Crippen LogP contribution in [0.3, 0.4) is 0 Å². The molecule has 22 heavy (non-hydrogen) atoms. The van der Waals surface area contributed by atoms with Crippen molar-refractivity contribution in [2.45, 2.75) is 32.4 Å². The third kappa shape index (κ3) is 4.02. The van der Waals surface area contributed by atoms with Gasteiger partial charge in [0.2, 0.25) is 9.04 Å². The average Bonchev–Trinajstić information content (AvgIpc) is 2.47. The van der Waals surface area contributed by atoms with Crippen molar-refractivity contribution in [1.82, 2.24) is 0 Å². The topological polar surface area (TPSA) is 52.4 Å². The van der Waals surface area contributed by atoms with E-state index in [1.165, 1.54) is 11.3 Å². The lowest BCUT2D eigenvalue weighted by molar-refractivity contribution is -0.385. The maximum absolute atomic E-state index is 11.1. The van der Waals surface area contributed by atoms with Crippen LogP contribution in [0.1, 0.15) is 26.3 Å². The number of nitro benzene ring substituents is 1. The molecular formula is C17H21NO3Si. The molecule has 5 heteroatoms. The van der Waals surface area contributed by atoms with Gasteiger partial charge in [-0.05, 0) is 16.3 Å². The summed E-state index contributed by atoms with van der Waals surface area (Å²) in [5.74, 6) is 0. The van der Waals surface area contributed by atoms with Crippen molar-refractivity contribution in [2.75, 3.05) is 0 Å². The highest BCUT2D eigenvalue weighted by molar-refractivity contribution is 6.70. The number of nitro groups is 1. The van der Waals surface area contributed by atoms with Crippen LogP contribution in [0.15, 0.2) is 54.6 Å². The van der Waals surface area contributed by atoms with Gasteiger partial charge in [-0.2, -0.15) is 0 Å². The fourth-order valence-corrected chi connectivity index (χ4v) is 5.07. The van der Waals surface area contributed by atoms with Crippen LogP contribution in [0.2, 0.25) is 5.04 Å². The highest BCUT2D eigenvalue weighted by atomic mass is 28.3. The molecule has 0 heterocycles. The van der Waals surface area contributed by atoms with E-state index in [1.54, 1.807) is 12.1 Å².